The summed E-state index contributed by atoms with van der Waals surface area (Å²) in [5.74, 6) is -4.02. The minimum Gasteiger partial charge on any atom is -0.480 e. The number of halogens is 10. The lowest BCUT2D eigenvalue weighted by atomic mass is 9.97. The zero-order valence-corrected chi connectivity index (χ0v) is 23.9. The van der Waals surface area contributed by atoms with Crippen molar-refractivity contribution in [2.45, 2.75) is 56.1 Å². The molecule has 11 nitrogen and oxygen atoms in total. The van der Waals surface area contributed by atoms with Gasteiger partial charge in [-0.25, -0.2) is 18.9 Å². The van der Waals surface area contributed by atoms with Gasteiger partial charge in [-0.15, -0.1) is 0 Å². The first-order valence-corrected chi connectivity index (χ1v) is 13.1. The Bertz CT molecular complexity index is 1690. The second-order valence-corrected chi connectivity index (χ2v) is 10.5. The number of likely N-dealkylation sites (tertiary alicyclic amines) is 1. The van der Waals surface area contributed by atoms with Crippen molar-refractivity contribution >= 4 is 23.1 Å². The molecule has 0 radical (unpaired) electrons. The van der Waals surface area contributed by atoms with Gasteiger partial charge in [-0.2, -0.15) is 44.6 Å². The van der Waals surface area contributed by atoms with Gasteiger partial charge in [-0.05, 0) is 19.1 Å². The Morgan fingerprint density at radius 1 is 1.02 bits per heavy atom. The third-order valence-corrected chi connectivity index (χ3v) is 7.20. The highest BCUT2D eigenvalue weighted by Gasteiger charge is 2.71. The van der Waals surface area contributed by atoms with Crippen molar-refractivity contribution in [2.24, 2.45) is 0 Å². The molecule has 0 spiro atoms. The molecule has 0 unspecified atom stereocenters. The van der Waals surface area contributed by atoms with Crippen LogP contribution in [0.5, 0.6) is 5.88 Å². The molecule has 1 aliphatic heterocycles. The minimum atomic E-state index is -6.30. The number of rotatable bonds is 8. The van der Waals surface area contributed by atoms with E-state index >= 15 is 0 Å². The number of methoxy groups -OCH3 is 1. The van der Waals surface area contributed by atoms with Gasteiger partial charge in [0.15, 0.2) is 0 Å². The van der Waals surface area contributed by atoms with Crippen molar-refractivity contribution in [3.63, 3.8) is 0 Å². The molecule has 2 N–H and O–H groups in total. The van der Waals surface area contributed by atoms with Gasteiger partial charge in [0.1, 0.15) is 23.8 Å². The average Bonchev–Trinajstić information content (AvgIpc) is 3.52. The quantitative estimate of drug-likeness (QED) is 0.344. The Balaban J connectivity index is 1.64. The monoisotopic (exact) mass is 688 g/mol. The molecule has 0 saturated carbocycles. The summed E-state index contributed by atoms with van der Waals surface area (Å²) in [6.07, 6.45) is -20.8. The summed E-state index contributed by atoms with van der Waals surface area (Å²) in [4.78, 5) is 45.1. The topological polar surface area (TPSA) is 139 Å². The number of pyridine rings is 1. The number of carbonyl (C=O) groups is 3. The van der Waals surface area contributed by atoms with E-state index in [1.54, 1.807) is 0 Å². The minimum absolute atomic E-state index is 0.160. The van der Waals surface area contributed by atoms with Gasteiger partial charge in [0.25, 0.3) is 11.5 Å². The SMILES string of the molecule is COc1ncc(-c2cc(C(F)(F)F)c3c(CC(C)=O)ncnn23)cc1C(=O)N[C@@H]1CN(C(=O)CC(O)(C(F)(F)F)C(F)(F)F)C[C@@H]1F. The van der Waals surface area contributed by atoms with Crippen molar-refractivity contribution in [3.05, 3.63) is 41.5 Å². The highest BCUT2D eigenvalue weighted by atomic mass is 19.4. The van der Waals surface area contributed by atoms with Crippen LogP contribution < -0.4 is 10.1 Å². The second-order valence-electron chi connectivity index (χ2n) is 10.5. The predicted octanol–water partition coefficient (Wildman–Crippen LogP) is 3.47. The second kappa shape index (κ2) is 12.2. The van der Waals surface area contributed by atoms with E-state index in [4.69, 9.17) is 4.74 Å². The number of ether oxygens (including phenoxy) is 1. The maximum atomic E-state index is 14.8. The number of nitrogens with zero attached hydrogens (tertiary/aromatic N) is 5. The normalized spacial score (nSPS) is 17.7. The summed E-state index contributed by atoms with van der Waals surface area (Å²) in [5.41, 5.74) is -8.36. The van der Waals surface area contributed by atoms with Crippen LogP contribution in [0.15, 0.2) is 24.7 Å². The molecule has 1 aliphatic rings. The third-order valence-electron chi connectivity index (χ3n) is 7.20. The zero-order valence-electron chi connectivity index (χ0n) is 23.9. The lowest BCUT2D eigenvalue weighted by molar-refractivity contribution is -0.367. The molecular weight excluding hydrogens is 666 g/mol. The molecule has 4 heterocycles. The maximum Gasteiger partial charge on any atom is 0.426 e. The summed E-state index contributed by atoms with van der Waals surface area (Å²) >= 11 is 0. The van der Waals surface area contributed by atoms with E-state index in [9.17, 15) is 63.4 Å². The molecule has 0 bridgehead atoms. The molecule has 1 saturated heterocycles. The van der Waals surface area contributed by atoms with Crippen LogP contribution in [0.3, 0.4) is 0 Å². The Morgan fingerprint density at radius 2 is 1.66 bits per heavy atom. The number of nitrogens with one attached hydrogen (secondary N) is 1. The number of hydrogen-bond donors (Lipinski definition) is 2. The molecule has 2 atom stereocenters. The van der Waals surface area contributed by atoms with E-state index in [1.807, 2.05) is 0 Å². The van der Waals surface area contributed by atoms with Crippen molar-refractivity contribution in [1.29, 1.82) is 0 Å². The van der Waals surface area contributed by atoms with Gasteiger partial charge in [0, 0.05) is 18.3 Å². The number of Topliss-reactive ketones (excluding diaryl/α,β-unsaturated/α-hetero) is 1. The van der Waals surface area contributed by atoms with Crippen molar-refractivity contribution in [1.82, 2.24) is 29.8 Å². The Hall–Kier alpha value is -4.56. The molecule has 256 valence electrons. The molecule has 2 amide bonds. The third kappa shape index (κ3) is 6.79. The number of aliphatic hydroxyl groups is 1. The molecular formula is C26H22F10N6O5. The molecule has 47 heavy (non-hydrogen) atoms. The van der Waals surface area contributed by atoms with Crippen LogP contribution in [0.25, 0.3) is 16.8 Å². The van der Waals surface area contributed by atoms with Crippen LogP contribution in [0.2, 0.25) is 0 Å². The summed E-state index contributed by atoms with van der Waals surface area (Å²) < 4.78 is 141. The van der Waals surface area contributed by atoms with E-state index in [0.29, 0.717) is 6.07 Å². The molecule has 3 aromatic rings. The fourth-order valence-electron chi connectivity index (χ4n) is 4.85. The maximum absolute atomic E-state index is 14.8. The lowest BCUT2D eigenvalue weighted by Gasteiger charge is -2.32. The molecule has 0 aliphatic carbocycles. The van der Waals surface area contributed by atoms with E-state index in [1.165, 1.54) is 0 Å². The van der Waals surface area contributed by atoms with Gasteiger partial charge in [0.05, 0.1) is 55.0 Å². The van der Waals surface area contributed by atoms with E-state index < -0.39 is 102 Å². The van der Waals surface area contributed by atoms with E-state index in [-0.39, 0.29) is 21.9 Å². The first-order chi connectivity index (χ1) is 21.6. The van der Waals surface area contributed by atoms with Gasteiger partial charge in [0.2, 0.25) is 11.8 Å². The van der Waals surface area contributed by atoms with Crippen LogP contribution in [-0.4, -0.2) is 97.6 Å². The fraction of sp³-hybridized carbons (Fsp3) is 0.462. The van der Waals surface area contributed by atoms with Crippen LogP contribution in [0.4, 0.5) is 43.9 Å². The summed E-state index contributed by atoms with van der Waals surface area (Å²) in [6, 6.07) is -0.0224. The van der Waals surface area contributed by atoms with Crippen molar-refractivity contribution in [3.8, 4) is 17.1 Å². The molecule has 0 aromatic carbocycles. The predicted molar refractivity (Wildman–Crippen MR) is 137 cm³/mol. The smallest absolute Gasteiger partial charge is 0.426 e. The van der Waals surface area contributed by atoms with Crippen LogP contribution in [0, 0.1) is 0 Å². The number of alkyl halides is 10. The van der Waals surface area contributed by atoms with Gasteiger partial charge in [-0.1, -0.05) is 0 Å². The number of carbonyl (C=O) groups excluding carboxylic acids is 3. The van der Waals surface area contributed by atoms with E-state index in [2.05, 4.69) is 20.4 Å². The van der Waals surface area contributed by atoms with Crippen LogP contribution in [-0.2, 0) is 22.2 Å². The Labute approximate surface area is 256 Å². The molecule has 21 heteroatoms. The Morgan fingerprint density at radius 3 is 2.21 bits per heavy atom. The standard InChI is InChI=1S/C26H22F10N6O5/c1-11(43)3-16-20-14(24(28,29)30)5-18(42(20)39-10-38-16)12-4-13(22(47-2)37-7-12)21(45)40-17-9-41(8-15(17)27)19(44)6-23(46,25(31,32)33)26(34,35)36/h4-5,7,10,15,17,46H,3,6,8-9H2,1-2H3,(H,40,45)/t15-,17+/m0/s1. The van der Waals surface area contributed by atoms with Crippen LogP contribution in [0.1, 0.15) is 35.0 Å². The van der Waals surface area contributed by atoms with Crippen molar-refractivity contribution < 1.29 is 68.1 Å². The number of aromatic nitrogens is 4. The average molecular weight is 688 g/mol. The molecule has 3 aromatic heterocycles. The number of amides is 2. The number of ketones is 1. The fourth-order valence-corrected chi connectivity index (χ4v) is 4.85. The highest BCUT2D eigenvalue weighted by Crippen LogP contribution is 2.45. The summed E-state index contributed by atoms with van der Waals surface area (Å²) in [5, 5.41) is 15.3. The first-order valence-electron chi connectivity index (χ1n) is 13.1. The highest BCUT2D eigenvalue weighted by molar-refractivity contribution is 5.98. The van der Waals surface area contributed by atoms with Crippen molar-refractivity contribution in [2.75, 3.05) is 20.2 Å². The zero-order chi connectivity index (χ0) is 35.3. The largest absolute Gasteiger partial charge is 0.480 e. The summed E-state index contributed by atoms with van der Waals surface area (Å²) in [7, 11) is 1.06. The molecule has 1 fully saturated rings. The molecule has 4 rings (SSSR count). The lowest BCUT2D eigenvalue weighted by Crippen LogP contribution is -2.59. The Kier molecular flexibility index (Phi) is 9.18. The number of fused-ring (bicyclic) bond motifs is 1. The van der Waals surface area contributed by atoms with Gasteiger partial charge in [-0.3, -0.25) is 14.4 Å². The first kappa shape index (κ1) is 35.3. The number of hydrogen-bond acceptors (Lipinski definition) is 8. The van der Waals surface area contributed by atoms with E-state index in [0.717, 1.165) is 37.1 Å². The summed E-state index contributed by atoms with van der Waals surface area (Å²) in [6.45, 7) is -0.800. The van der Waals surface area contributed by atoms with Crippen LogP contribution >= 0.6 is 0 Å². The van der Waals surface area contributed by atoms with Gasteiger partial charge < -0.3 is 20.1 Å². The van der Waals surface area contributed by atoms with Gasteiger partial charge >= 0.3 is 18.5 Å².